The number of rotatable bonds is 83. The summed E-state index contributed by atoms with van der Waals surface area (Å²) in [6.45, 7) is 4.51. The molecule has 10 heteroatoms. The Morgan fingerprint density at radius 1 is 0.316 bits per heavy atom. The van der Waals surface area contributed by atoms with E-state index in [4.69, 9.17) is 18.5 Å². The SMILES string of the molecule is CCCCCCC/C=C\C/C=C\C/C=C\CCCCCCCCCCCCCCCCCCCCC(=O)OC(COC(=O)CCCCCCCCCCCCCCCCCCCCCCCCCCCCCCCCCCCCCCCCCCC)COP(=O)(O)OCC[N+](C)(C)C. The second kappa shape index (κ2) is 79.3. The number of phosphoric ester groups is 1. The molecule has 0 heterocycles. The first-order valence-electron chi connectivity index (χ1n) is 43.7. The summed E-state index contributed by atoms with van der Waals surface area (Å²) in [7, 11) is 1.50. The van der Waals surface area contributed by atoms with Gasteiger partial charge in [0.15, 0.2) is 6.10 Å². The minimum atomic E-state index is -4.39. The van der Waals surface area contributed by atoms with E-state index in [1.165, 1.54) is 385 Å². The van der Waals surface area contributed by atoms with Gasteiger partial charge in [0.25, 0.3) is 0 Å². The molecule has 0 aliphatic rings. The molecule has 0 saturated heterocycles. The van der Waals surface area contributed by atoms with Crippen LogP contribution in [0.4, 0.5) is 0 Å². The summed E-state index contributed by atoms with van der Waals surface area (Å²) in [4.78, 5) is 36.0. The van der Waals surface area contributed by atoms with E-state index in [1.54, 1.807) is 0 Å². The highest BCUT2D eigenvalue weighted by atomic mass is 31.2. The quantitative estimate of drug-likeness (QED) is 0.0211. The largest absolute Gasteiger partial charge is 0.472 e. The minimum absolute atomic E-state index is 0.0351. The summed E-state index contributed by atoms with van der Waals surface area (Å²) in [6, 6.07) is 0. The van der Waals surface area contributed by atoms with Gasteiger partial charge in [-0.1, -0.05) is 436 Å². The Labute approximate surface area is 612 Å². The Morgan fingerprint density at radius 2 is 0.551 bits per heavy atom. The molecule has 0 spiro atoms. The number of allylic oxidation sites excluding steroid dienone is 6. The number of ether oxygens (including phenoxy) is 2. The van der Waals surface area contributed by atoms with Crippen LogP contribution in [0.25, 0.3) is 0 Å². The predicted molar refractivity (Wildman–Crippen MR) is 427 cm³/mol. The molecule has 9 nitrogen and oxygen atoms in total. The van der Waals surface area contributed by atoms with Crippen molar-refractivity contribution in [3.8, 4) is 0 Å². The van der Waals surface area contributed by atoms with Gasteiger partial charge in [0.1, 0.15) is 19.8 Å². The third-order valence-corrected chi connectivity index (χ3v) is 21.2. The van der Waals surface area contributed by atoms with Crippen molar-refractivity contribution in [3.05, 3.63) is 36.5 Å². The standard InChI is InChI=1S/C88H170NO8P/c1-6-8-10-12-14-16-18-20-22-24-26-28-30-32-34-36-38-40-41-42-43-44-45-46-47-49-50-52-54-56-58-60-62-64-66-68-70-72-74-76-78-80-87(90)94-84-86(85-96-98(92,93)95-83-82-89(3,4)5)97-88(91)81-79-77-75-73-71-69-67-65-63-61-59-57-55-53-51-48-39-37-35-33-31-29-27-25-23-21-19-17-15-13-11-9-7-2/h19,21,25,27,31,33,86H,6-18,20,22-24,26,28-30,32,34-85H2,1-5H3/p+1/b21-19-,27-25-,33-31-. The lowest BCUT2D eigenvalue weighted by atomic mass is 10.0. The van der Waals surface area contributed by atoms with Crippen LogP contribution in [-0.4, -0.2) is 74.9 Å². The monoisotopic (exact) mass is 1400 g/mol. The topological polar surface area (TPSA) is 108 Å². The first kappa shape index (κ1) is 96.2. The van der Waals surface area contributed by atoms with Crippen molar-refractivity contribution in [1.29, 1.82) is 0 Å². The maximum Gasteiger partial charge on any atom is 0.472 e. The first-order chi connectivity index (χ1) is 48.0. The molecule has 0 saturated carbocycles. The number of unbranched alkanes of at least 4 members (excludes halogenated alkanes) is 63. The minimum Gasteiger partial charge on any atom is -0.462 e. The van der Waals surface area contributed by atoms with Crippen LogP contribution in [0.2, 0.25) is 0 Å². The van der Waals surface area contributed by atoms with Crippen LogP contribution in [0.5, 0.6) is 0 Å². The number of phosphoric acid groups is 1. The van der Waals surface area contributed by atoms with Crippen LogP contribution in [-0.2, 0) is 32.7 Å². The average Bonchev–Trinajstić information content (AvgIpc) is 1.08. The predicted octanol–water partition coefficient (Wildman–Crippen LogP) is 29.3. The molecule has 0 aliphatic carbocycles. The van der Waals surface area contributed by atoms with Crippen LogP contribution in [0, 0.1) is 0 Å². The van der Waals surface area contributed by atoms with E-state index in [9.17, 15) is 19.0 Å². The molecule has 2 atom stereocenters. The van der Waals surface area contributed by atoms with Gasteiger partial charge >= 0.3 is 19.8 Å². The summed E-state index contributed by atoms with van der Waals surface area (Å²) in [5.41, 5.74) is 0. The van der Waals surface area contributed by atoms with Crippen molar-refractivity contribution in [1.82, 2.24) is 0 Å². The Bertz CT molecular complexity index is 1740. The average molecular weight is 1400 g/mol. The number of hydrogen-bond acceptors (Lipinski definition) is 7. The molecule has 0 aromatic carbocycles. The maximum atomic E-state index is 12.9. The molecule has 0 rings (SSSR count). The summed E-state index contributed by atoms with van der Waals surface area (Å²) in [6.07, 6.45) is 105. The van der Waals surface area contributed by atoms with Gasteiger partial charge in [-0.15, -0.1) is 0 Å². The van der Waals surface area contributed by atoms with Gasteiger partial charge < -0.3 is 18.9 Å². The van der Waals surface area contributed by atoms with Crippen molar-refractivity contribution in [2.75, 3.05) is 47.5 Å². The Balaban J connectivity index is 3.84. The fourth-order valence-corrected chi connectivity index (χ4v) is 14.2. The fraction of sp³-hybridized carbons (Fsp3) is 0.909. The van der Waals surface area contributed by atoms with Gasteiger partial charge in [-0.05, 0) is 51.4 Å². The molecule has 0 fully saturated rings. The highest BCUT2D eigenvalue weighted by Crippen LogP contribution is 2.43. The molecule has 0 bridgehead atoms. The van der Waals surface area contributed by atoms with Crippen molar-refractivity contribution in [2.45, 2.75) is 469 Å². The van der Waals surface area contributed by atoms with Crippen LogP contribution < -0.4 is 0 Å². The van der Waals surface area contributed by atoms with E-state index in [1.807, 2.05) is 21.1 Å². The van der Waals surface area contributed by atoms with Crippen LogP contribution in [0.15, 0.2) is 36.5 Å². The third-order valence-electron chi connectivity index (χ3n) is 20.2. The van der Waals surface area contributed by atoms with E-state index in [-0.39, 0.29) is 25.6 Å². The van der Waals surface area contributed by atoms with Crippen LogP contribution in [0.1, 0.15) is 463 Å². The number of carbonyl (C=O) groups is 2. The normalized spacial score (nSPS) is 13.1. The second-order valence-electron chi connectivity index (χ2n) is 31.3. The third kappa shape index (κ3) is 83.2. The molecule has 98 heavy (non-hydrogen) atoms. The van der Waals surface area contributed by atoms with Gasteiger partial charge in [-0.2, -0.15) is 0 Å². The number of quaternary nitrogens is 1. The molecule has 0 radical (unpaired) electrons. The van der Waals surface area contributed by atoms with Crippen molar-refractivity contribution >= 4 is 19.8 Å². The zero-order valence-electron chi connectivity index (χ0n) is 66.6. The van der Waals surface area contributed by atoms with E-state index in [2.05, 4.69) is 50.3 Å². The number of esters is 2. The molecule has 0 amide bonds. The molecule has 0 aromatic heterocycles. The Kier molecular flexibility index (Phi) is 77.9. The van der Waals surface area contributed by atoms with Crippen molar-refractivity contribution in [3.63, 3.8) is 0 Å². The lowest BCUT2D eigenvalue weighted by Crippen LogP contribution is -2.37. The fourth-order valence-electron chi connectivity index (χ4n) is 13.5. The first-order valence-corrected chi connectivity index (χ1v) is 45.2. The number of likely N-dealkylation sites (N-methyl/N-ethyl adjacent to an activating group) is 1. The Hall–Kier alpha value is -1.77. The van der Waals surface area contributed by atoms with Gasteiger partial charge in [0.2, 0.25) is 0 Å². The molecule has 0 aliphatic heterocycles. The zero-order chi connectivity index (χ0) is 71.1. The second-order valence-corrected chi connectivity index (χ2v) is 32.7. The highest BCUT2D eigenvalue weighted by Gasteiger charge is 2.27. The summed E-state index contributed by atoms with van der Waals surface area (Å²) < 4.78 is 34.9. The molecule has 0 aromatic rings. The Morgan fingerprint density at radius 3 is 0.816 bits per heavy atom. The van der Waals surface area contributed by atoms with E-state index < -0.39 is 26.5 Å². The summed E-state index contributed by atoms with van der Waals surface area (Å²) in [5.74, 6) is -0.770. The summed E-state index contributed by atoms with van der Waals surface area (Å²) >= 11 is 0. The van der Waals surface area contributed by atoms with Crippen LogP contribution >= 0.6 is 7.82 Å². The van der Waals surface area contributed by atoms with E-state index >= 15 is 0 Å². The van der Waals surface area contributed by atoms with Gasteiger partial charge in [-0.3, -0.25) is 18.6 Å². The molecule has 2 unspecified atom stereocenters. The maximum absolute atomic E-state index is 12.9. The van der Waals surface area contributed by atoms with E-state index in [0.29, 0.717) is 23.9 Å². The van der Waals surface area contributed by atoms with Crippen molar-refractivity contribution in [2.24, 2.45) is 0 Å². The zero-order valence-corrected chi connectivity index (χ0v) is 67.5. The van der Waals surface area contributed by atoms with Gasteiger partial charge in [-0.25, -0.2) is 4.57 Å². The smallest absolute Gasteiger partial charge is 0.462 e. The lowest BCUT2D eigenvalue weighted by Gasteiger charge is -2.24. The molecular weight excluding hydrogens is 1230 g/mol. The van der Waals surface area contributed by atoms with E-state index in [0.717, 1.165) is 44.9 Å². The summed E-state index contributed by atoms with van der Waals surface area (Å²) in [5, 5.41) is 0. The number of nitrogens with zero attached hydrogens (tertiary/aromatic N) is 1. The number of carbonyl (C=O) groups excluding carboxylic acids is 2. The van der Waals surface area contributed by atoms with Crippen molar-refractivity contribution < 1.29 is 42.1 Å². The van der Waals surface area contributed by atoms with Crippen LogP contribution in [0.3, 0.4) is 0 Å². The highest BCUT2D eigenvalue weighted by molar-refractivity contribution is 7.47. The number of hydrogen-bond donors (Lipinski definition) is 1. The molecular formula is C88H171NO8P+. The van der Waals surface area contributed by atoms with Gasteiger partial charge in [0.05, 0.1) is 27.7 Å². The molecule has 1 N–H and O–H groups in total. The van der Waals surface area contributed by atoms with Gasteiger partial charge in [0, 0.05) is 12.8 Å². The molecule has 580 valence electrons. The lowest BCUT2D eigenvalue weighted by molar-refractivity contribution is -0.870.